The van der Waals surface area contributed by atoms with Crippen molar-refractivity contribution in [3.63, 3.8) is 0 Å². The number of piperazine rings is 1. The molecule has 3 rings (SSSR count). The SMILES string of the molecule is C=CCOc1ccc(C(=O)Nc2ccc(CN3CCN(C)CC3)cc2)cc1. The van der Waals surface area contributed by atoms with Gasteiger partial charge in [-0.15, -0.1) is 0 Å². The van der Waals surface area contributed by atoms with E-state index in [0.29, 0.717) is 12.2 Å². The summed E-state index contributed by atoms with van der Waals surface area (Å²) < 4.78 is 5.43. The highest BCUT2D eigenvalue weighted by atomic mass is 16.5. The molecule has 1 fully saturated rings. The van der Waals surface area contributed by atoms with Gasteiger partial charge in [-0.25, -0.2) is 0 Å². The molecule has 1 N–H and O–H groups in total. The number of carbonyl (C=O) groups is 1. The van der Waals surface area contributed by atoms with Gasteiger partial charge in [0.25, 0.3) is 5.91 Å². The van der Waals surface area contributed by atoms with Crippen LogP contribution in [0.3, 0.4) is 0 Å². The maximum atomic E-state index is 12.4. The van der Waals surface area contributed by atoms with Crippen LogP contribution in [-0.2, 0) is 6.54 Å². The van der Waals surface area contributed by atoms with Crippen LogP contribution in [-0.4, -0.2) is 55.5 Å². The van der Waals surface area contributed by atoms with E-state index in [4.69, 9.17) is 4.74 Å². The number of benzene rings is 2. The van der Waals surface area contributed by atoms with Crippen LogP contribution < -0.4 is 10.1 Å². The third-order valence-corrected chi connectivity index (χ3v) is 4.70. The van der Waals surface area contributed by atoms with E-state index in [-0.39, 0.29) is 5.91 Å². The number of likely N-dealkylation sites (N-methyl/N-ethyl adjacent to an activating group) is 1. The summed E-state index contributed by atoms with van der Waals surface area (Å²) in [6.45, 7) is 9.45. The first-order chi connectivity index (χ1) is 13.1. The van der Waals surface area contributed by atoms with Crippen LogP contribution in [0.5, 0.6) is 5.75 Å². The summed E-state index contributed by atoms with van der Waals surface area (Å²) in [5.41, 5.74) is 2.66. The first-order valence-corrected chi connectivity index (χ1v) is 9.29. The van der Waals surface area contributed by atoms with Gasteiger partial charge in [-0.1, -0.05) is 24.8 Å². The Morgan fingerprint density at radius 2 is 1.74 bits per heavy atom. The zero-order valence-electron chi connectivity index (χ0n) is 15.9. The quantitative estimate of drug-likeness (QED) is 0.765. The molecule has 0 aromatic heterocycles. The lowest BCUT2D eigenvalue weighted by Gasteiger charge is -2.32. The zero-order valence-corrected chi connectivity index (χ0v) is 15.9. The van der Waals surface area contributed by atoms with Gasteiger partial charge in [0.2, 0.25) is 0 Å². The number of hydrogen-bond donors (Lipinski definition) is 1. The summed E-state index contributed by atoms with van der Waals surface area (Å²) >= 11 is 0. The second kappa shape index (κ2) is 9.35. The molecule has 1 aliphatic rings. The molecule has 1 heterocycles. The van der Waals surface area contributed by atoms with Crippen molar-refractivity contribution < 1.29 is 9.53 Å². The predicted octanol–water partition coefficient (Wildman–Crippen LogP) is 3.25. The molecular weight excluding hydrogens is 338 g/mol. The standard InChI is InChI=1S/C22H27N3O2/c1-3-16-27-21-10-6-19(7-11-21)22(26)23-20-8-4-18(5-9-20)17-25-14-12-24(2)13-15-25/h3-11H,1,12-17H2,2H3,(H,23,26). The molecule has 0 aliphatic carbocycles. The van der Waals surface area contributed by atoms with Gasteiger partial charge in [0.15, 0.2) is 0 Å². The smallest absolute Gasteiger partial charge is 0.255 e. The Hall–Kier alpha value is -2.63. The second-order valence-corrected chi connectivity index (χ2v) is 6.85. The van der Waals surface area contributed by atoms with Gasteiger partial charge < -0.3 is 15.0 Å². The van der Waals surface area contributed by atoms with Crippen molar-refractivity contribution in [3.05, 3.63) is 72.3 Å². The Balaban J connectivity index is 1.52. The summed E-state index contributed by atoms with van der Waals surface area (Å²) in [6.07, 6.45) is 1.69. The Bertz CT molecular complexity index is 748. The van der Waals surface area contributed by atoms with Gasteiger partial charge in [0, 0.05) is 44.0 Å². The van der Waals surface area contributed by atoms with Crippen molar-refractivity contribution in [2.45, 2.75) is 6.54 Å². The van der Waals surface area contributed by atoms with E-state index in [9.17, 15) is 4.79 Å². The van der Waals surface area contributed by atoms with Crippen LogP contribution in [0.1, 0.15) is 15.9 Å². The molecule has 0 spiro atoms. The molecule has 2 aromatic rings. The molecule has 27 heavy (non-hydrogen) atoms. The molecule has 0 saturated carbocycles. The van der Waals surface area contributed by atoms with Crippen molar-refractivity contribution >= 4 is 11.6 Å². The van der Waals surface area contributed by atoms with Crippen LogP contribution in [0, 0.1) is 0 Å². The van der Waals surface area contributed by atoms with Crippen LogP contribution in [0.2, 0.25) is 0 Å². The largest absolute Gasteiger partial charge is 0.490 e. The highest BCUT2D eigenvalue weighted by Crippen LogP contribution is 2.16. The zero-order chi connectivity index (χ0) is 19.1. The minimum atomic E-state index is -0.128. The summed E-state index contributed by atoms with van der Waals surface area (Å²) in [4.78, 5) is 17.2. The highest BCUT2D eigenvalue weighted by molar-refractivity contribution is 6.04. The Morgan fingerprint density at radius 3 is 2.37 bits per heavy atom. The third kappa shape index (κ3) is 5.67. The maximum Gasteiger partial charge on any atom is 0.255 e. The number of carbonyl (C=O) groups excluding carboxylic acids is 1. The Kier molecular flexibility index (Phi) is 6.63. The number of hydrogen-bond acceptors (Lipinski definition) is 4. The van der Waals surface area contributed by atoms with Crippen molar-refractivity contribution in [1.82, 2.24) is 9.80 Å². The van der Waals surface area contributed by atoms with E-state index in [1.165, 1.54) is 5.56 Å². The molecule has 1 saturated heterocycles. The third-order valence-electron chi connectivity index (χ3n) is 4.70. The minimum absolute atomic E-state index is 0.128. The van der Waals surface area contributed by atoms with Crippen molar-refractivity contribution in [2.24, 2.45) is 0 Å². The maximum absolute atomic E-state index is 12.4. The monoisotopic (exact) mass is 365 g/mol. The van der Waals surface area contributed by atoms with Crippen molar-refractivity contribution in [1.29, 1.82) is 0 Å². The second-order valence-electron chi connectivity index (χ2n) is 6.85. The summed E-state index contributed by atoms with van der Waals surface area (Å²) in [5.74, 6) is 0.594. The number of nitrogens with one attached hydrogen (secondary N) is 1. The van der Waals surface area contributed by atoms with Crippen molar-refractivity contribution in [2.75, 3.05) is 45.2 Å². The van der Waals surface area contributed by atoms with Crippen LogP contribution in [0.4, 0.5) is 5.69 Å². The van der Waals surface area contributed by atoms with Gasteiger partial charge in [0.1, 0.15) is 12.4 Å². The number of rotatable bonds is 7. The van der Waals surface area contributed by atoms with E-state index in [2.05, 4.69) is 40.9 Å². The lowest BCUT2D eigenvalue weighted by Crippen LogP contribution is -2.43. The summed E-state index contributed by atoms with van der Waals surface area (Å²) in [6, 6.07) is 15.2. The molecule has 0 radical (unpaired) electrons. The fraction of sp³-hybridized carbons (Fsp3) is 0.318. The molecule has 0 unspecified atom stereocenters. The molecule has 1 amide bonds. The van der Waals surface area contributed by atoms with Gasteiger partial charge in [-0.3, -0.25) is 9.69 Å². The van der Waals surface area contributed by atoms with E-state index in [1.807, 2.05) is 12.1 Å². The minimum Gasteiger partial charge on any atom is -0.490 e. The average molecular weight is 365 g/mol. The van der Waals surface area contributed by atoms with E-state index >= 15 is 0 Å². The highest BCUT2D eigenvalue weighted by Gasteiger charge is 2.14. The van der Waals surface area contributed by atoms with Crippen LogP contribution in [0.25, 0.3) is 0 Å². The van der Waals surface area contributed by atoms with Crippen LogP contribution >= 0.6 is 0 Å². The van der Waals surface area contributed by atoms with E-state index in [0.717, 1.165) is 44.2 Å². The lowest BCUT2D eigenvalue weighted by molar-refractivity contribution is 0.102. The number of anilines is 1. The van der Waals surface area contributed by atoms with E-state index in [1.54, 1.807) is 30.3 Å². The first kappa shape index (κ1) is 19.1. The topological polar surface area (TPSA) is 44.8 Å². The Morgan fingerprint density at radius 1 is 1.07 bits per heavy atom. The molecule has 142 valence electrons. The molecule has 2 aromatic carbocycles. The van der Waals surface area contributed by atoms with Gasteiger partial charge in [0.05, 0.1) is 0 Å². The Labute approximate surface area is 161 Å². The van der Waals surface area contributed by atoms with Crippen LogP contribution in [0.15, 0.2) is 61.2 Å². The summed E-state index contributed by atoms with van der Waals surface area (Å²) in [7, 11) is 2.16. The average Bonchev–Trinajstić information content (AvgIpc) is 2.70. The van der Waals surface area contributed by atoms with E-state index < -0.39 is 0 Å². The number of amides is 1. The first-order valence-electron chi connectivity index (χ1n) is 9.29. The lowest BCUT2D eigenvalue weighted by atomic mass is 10.1. The van der Waals surface area contributed by atoms with Gasteiger partial charge in [-0.2, -0.15) is 0 Å². The number of nitrogens with zero attached hydrogens (tertiary/aromatic N) is 2. The normalized spacial score (nSPS) is 15.3. The molecule has 0 bridgehead atoms. The molecule has 5 nitrogen and oxygen atoms in total. The van der Waals surface area contributed by atoms with Gasteiger partial charge >= 0.3 is 0 Å². The fourth-order valence-electron chi connectivity index (χ4n) is 3.02. The molecular formula is C22H27N3O2. The van der Waals surface area contributed by atoms with Crippen molar-refractivity contribution in [3.8, 4) is 5.75 Å². The molecule has 5 heteroatoms. The number of ether oxygens (including phenoxy) is 1. The fourth-order valence-corrected chi connectivity index (χ4v) is 3.02. The summed E-state index contributed by atoms with van der Waals surface area (Å²) in [5, 5.41) is 2.94. The predicted molar refractivity (Wildman–Crippen MR) is 109 cm³/mol. The van der Waals surface area contributed by atoms with Gasteiger partial charge in [-0.05, 0) is 49.0 Å². The molecule has 1 aliphatic heterocycles. The molecule has 0 atom stereocenters.